The van der Waals surface area contributed by atoms with E-state index in [9.17, 15) is 5.11 Å². The van der Waals surface area contributed by atoms with E-state index in [1.165, 1.54) is 0 Å². The van der Waals surface area contributed by atoms with Crippen LogP contribution in [-0.2, 0) is 13.6 Å². The molecule has 1 atom stereocenters. The summed E-state index contributed by atoms with van der Waals surface area (Å²) in [6, 6.07) is 9.63. The first-order chi connectivity index (χ1) is 11.7. The number of hydrogen-bond acceptors (Lipinski definition) is 5. The van der Waals surface area contributed by atoms with E-state index in [-0.39, 0.29) is 0 Å². The predicted octanol–water partition coefficient (Wildman–Crippen LogP) is 0.978. The van der Waals surface area contributed by atoms with Crippen molar-refractivity contribution in [2.24, 2.45) is 7.05 Å². The van der Waals surface area contributed by atoms with Crippen molar-refractivity contribution < 1.29 is 9.84 Å². The number of aryl methyl sites for hydroxylation is 1. The zero-order valence-corrected chi connectivity index (χ0v) is 14.2. The van der Waals surface area contributed by atoms with Crippen LogP contribution in [0.3, 0.4) is 0 Å². The highest BCUT2D eigenvalue weighted by Gasteiger charge is 2.20. The summed E-state index contributed by atoms with van der Waals surface area (Å²) in [5.41, 5.74) is 0. The van der Waals surface area contributed by atoms with Crippen molar-refractivity contribution in [1.29, 1.82) is 0 Å². The molecule has 0 saturated carbocycles. The van der Waals surface area contributed by atoms with Crippen LogP contribution in [0.2, 0.25) is 0 Å². The molecule has 130 valence electrons. The van der Waals surface area contributed by atoms with Gasteiger partial charge < -0.3 is 14.4 Å². The van der Waals surface area contributed by atoms with Crippen molar-refractivity contribution >= 4 is 0 Å². The first-order valence-electron chi connectivity index (χ1n) is 8.47. The van der Waals surface area contributed by atoms with Gasteiger partial charge in [0.1, 0.15) is 24.3 Å². The summed E-state index contributed by atoms with van der Waals surface area (Å²) >= 11 is 0. The van der Waals surface area contributed by atoms with Crippen molar-refractivity contribution in [2.75, 3.05) is 39.3 Å². The quantitative estimate of drug-likeness (QED) is 0.820. The van der Waals surface area contributed by atoms with Crippen LogP contribution in [0.25, 0.3) is 0 Å². The molecule has 1 fully saturated rings. The summed E-state index contributed by atoms with van der Waals surface area (Å²) in [5, 5.41) is 10.2. The average molecular weight is 330 g/mol. The van der Waals surface area contributed by atoms with Gasteiger partial charge in [0, 0.05) is 52.2 Å². The molecule has 24 heavy (non-hydrogen) atoms. The lowest BCUT2D eigenvalue weighted by molar-refractivity contribution is 0.0440. The third-order valence-corrected chi connectivity index (χ3v) is 4.41. The highest BCUT2D eigenvalue weighted by Crippen LogP contribution is 2.10. The first-order valence-corrected chi connectivity index (χ1v) is 8.47. The molecule has 0 spiro atoms. The summed E-state index contributed by atoms with van der Waals surface area (Å²) in [4.78, 5) is 9.09. The van der Waals surface area contributed by atoms with E-state index in [0.29, 0.717) is 13.2 Å². The number of nitrogens with zero attached hydrogens (tertiary/aromatic N) is 4. The second-order valence-corrected chi connectivity index (χ2v) is 6.31. The molecule has 1 N–H and O–H groups in total. The number of para-hydroxylation sites is 1. The SMILES string of the molecule is Cn1ccnc1CN1CCN(CC(O)COc2ccccc2)CC1. The lowest BCUT2D eigenvalue weighted by Gasteiger charge is -2.35. The van der Waals surface area contributed by atoms with Crippen LogP contribution in [-0.4, -0.2) is 69.9 Å². The molecule has 2 aromatic rings. The second kappa shape index (κ2) is 8.28. The van der Waals surface area contributed by atoms with Crippen LogP contribution in [0.4, 0.5) is 0 Å². The van der Waals surface area contributed by atoms with E-state index in [1.807, 2.05) is 49.8 Å². The fraction of sp³-hybridized carbons (Fsp3) is 0.500. The van der Waals surface area contributed by atoms with Gasteiger partial charge in [0.2, 0.25) is 0 Å². The molecule has 1 aliphatic rings. The Balaban J connectivity index is 1.36. The number of piperazine rings is 1. The lowest BCUT2D eigenvalue weighted by atomic mass is 10.2. The van der Waals surface area contributed by atoms with E-state index >= 15 is 0 Å². The molecule has 0 aliphatic carbocycles. The molecule has 1 aliphatic heterocycles. The van der Waals surface area contributed by atoms with Crippen LogP contribution < -0.4 is 4.74 Å². The number of β-amino-alcohol motifs (C(OH)–C–C–N with tert-alkyl or cyclic N) is 1. The van der Waals surface area contributed by atoms with Crippen molar-refractivity contribution in [3.05, 3.63) is 48.5 Å². The Bertz CT molecular complexity index is 608. The molecule has 6 heteroatoms. The number of aromatic nitrogens is 2. The molecule has 6 nitrogen and oxygen atoms in total. The Labute approximate surface area is 143 Å². The van der Waals surface area contributed by atoms with Crippen molar-refractivity contribution in [1.82, 2.24) is 19.4 Å². The minimum Gasteiger partial charge on any atom is -0.491 e. The van der Waals surface area contributed by atoms with Gasteiger partial charge in [-0.25, -0.2) is 4.98 Å². The molecule has 1 aromatic carbocycles. The summed E-state index contributed by atoms with van der Waals surface area (Å²) in [7, 11) is 2.03. The Morgan fingerprint density at radius 3 is 2.50 bits per heavy atom. The van der Waals surface area contributed by atoms with Gasteiger partial charge >= 0.3 is 0 Å². The zero-order valence-electron chi connectivity index (χ0n) is 14.2. The van der Waals surface area contributed by atoms with Gasteiger partial charge in [0.25, 0.3) is 0 Å². The molecular formula is C18H26N4O2. The molecule has 1 saturated heterocycles. The lowest BCUT2D eigenvalue weighted by Crippen LogP contribution is -2.49. The Morgan fingerprint density at radius 1 is 1.12 bits per heavy atom. The molecule has 0 amide bonds. The van der Waals surface area contributed by atoms with E-state index < -0.39 is 6.10 Å². The van der Waals surface area contributed by atoms with Crippen LogP contribution in [0.5, 0.6) is 5.75 Å². The van der Waals surface area contributed by atoms with Gasteiger partial charge in [0.15, 0.2) is 0 Å². The fourth-order valence-electron chi connectivity index (χ4n) is 2.94. The van der Waals surface area contributed by atoms with Crippen LogP contribution >= 0.6 is 0 Å². The Kier molecular flexibility index (Phi) is 5.85. The Hall–Kier alpha value is -1.89. The normalized spacial score (nSPS) is 17.8. The van der Waals surface area contributed by atoms with E-state index in [2.05, 4.69) is 19.4 Å². The van der Waals surface area contributed by atoms with Gasteiger partial charge in [-0.3, -0.25) is 9.80 Å². The molecule has 0 bridgehead atoms. The fourth-order valence-corrected chi connectivity index (χ4v) is 2.94. The highest BCUT2D eigenvalue weighted by molar-refractivity contribution is 5.20. The van der Waals surface area contributed by atoms with Gasteiger partial charge in [0.05, 0.1) is 6.54 Å². The number of aliphatic hydroxyl groups excluding tert-OH is 1. The van der Waals surface area contributed by atoms with E-state index in [1.54, 1.807) is 0 Å². The Morgan fingerprint density at radius 2 is 1.83 bits per heavy atom. The molecule has 1 unspecified atom stereocenters. The van der Waals surface area contributed by atoms with Gasteiger partial charge in [-0.05, 0) is 12.1 Å². The summed E-state index contributed by atoms with van der Waals surface area (Å²) < 4.78 is 7.68. The van der Waals surface area contributed by atoms with E-state index in [4.69, 9.17) is 4.74 Å². The number of hydrogen-bond donors (Lipinski definition) is 1. The van der Waals surface area contributed by atoms with Crippen LogP contribution in [0.1, 0.15) is 5.82 Å². The summed E-state index contributed by atoms with van der Waals surface area (Å²) in [6.45, 7) is 5.80. The molecule has 1 aromatic heterocycles. The summed E-state index contributed by atoms with van der Waals surface area (Å²) in [5.74, 6) is 1.90. The number of ether oxygens (including phenoxy) is 1. The topological polar surface area (TPSA) is 53.8 Å². The number of imidazole rings is 1. The van der Waals surface area contributed by atoms with Crippen molar-refractivity contribution in [2.45, 2.75) is 12.6 Å². The first kappa shape index (κ1) is 17.0. The number of aliphatic hydroxyl groups is 1. The maximum Gasteiger partial charge on any atom is 0.122 e. The molecule has 3 rings (SSSR count). The third-order valence-electron chi connectivity index (χ3n) is 4.41. The molecule has 0 radical (unpaired) electrons. The minimum atomic E-state index is -0.466. The minimum absolute atomic E-state index is 0.331. The maximum atomic E-state index is 10.2. The molecular weight excluding hydrogens is 304 g/mol. The van der Waals surface area contributed by atoms with Crippen molar-refractivity contribution in [3.63, 3.8) is 0 Å². The zero-order chi connectivity index (χ0) is 16.8. The van der Waals surface area contributed by atoms with E-state index in [0.717, 1.165) is 44.3 Å². The van der Waals surface area contributed by atoms with Gasteiger partial charge in [-0.2, -0.15) is 0 Å². The maximum absolute atomic E-state index is 10.2. The van der Waals surface area contributed by atoms with Gasteiger partial charge in [-0.1, -0.05) is 18.2 Å². The van der Waals surface area contributed by atoms with Crippen molar-refractivity contribution in [3.8, 4) is 5.75 Å². The number of rotatable bonds is 7. The molecule has 2 heterocycles. The third kappa shape index (κ3) is 4.80. The van der Waals surface area contributed by atoms with Crippen LogP contribution in [0, 0.1) is 0 Å². The second-order valence-electron chi connectivity index (χ2n) is 6.31. The smallest absolute Gasteiger partial charge is 0.122 e. The summed E-state index contributed by atoms with van der Waals surface area (Å²) in [6.07, 6.45) is 3.36. The van der Waals surface area contributed by atoms with Gasteiger partial charge in [-0.15, -0.1) is 0 Å². The number of benzene rings is 1. The average Bonchev–Trinajstić information content (AvgIpc) is 3.01. The van der Waals surface area contributed by atoms with Crippen LogP contribution in [0.15, 0.2) is 42.7 Å². The highest BCUT2D eigenvalue weighted by atomic mass is 16.5. The predicted molar refractivity (Wildman–Crippen MR) is 92.9 cm³/mol. The standard InChI is InChI=1S/C18H26N4O2/c1-20-8-7-19-18(20)14-22-11-9-21(10-12-22)13-16(23)15-24-17-5-3-2-4-6-17/h2-8,16,23H,9-15H2,1H3. The monoisotopic (exact) mass is 330 g/mol. The largest absolute Gasteiger partial charge is 0.491 e.